The Balaban J connectivity index is 2.52. The monoisotopic (exact) mass is 310 g/mol. The lowest BCUT2D eigenvalue weighted by Gasteiger charge is -2.46. The van der Waals surface area contributed by atoms with Gasteiger partial charge in [0.05, 0.1) is 6.61 Å². The van der Waals surface area contributed by atoms with Crippen LogP contribution >= 0.6 is 0 Å². The minimum absolute atomic E-state index is 0.125. The quantitative estimate of drug-likeness (QED) is 0.790. The molecule has 126 valence electrons. The van der Waals surface area contributed by atoms with E-state index >= 15 is 0 Å². The molecule has 0 radical (unpaired) electrons. The highest BCUT2D eigenvalue weighted by atomic mass is 19.4. The summed E-state index contributed by atoms with van der Waals surface area (Å²) in [6, 6.07) is 0.688. The summed E-state index contributed by atoms with van der Waals surface area (Å²) in [5.74, 6) is 0.459. The summed E-state index contributed by atoms with van der Waals surface area (Å²) in [6.45, 7) is 12.1. The van der Waals surface area contributed by atoms with Gasteiger partial charge in [-0.05, 0) is 11.3 Å². The highest BCUT2D eigenvalue weighted by Gasteiger charge is 2.35. The zero-order valence-electron chi connectivity index (χ0n) is 13.8. The second-order valence-electron chi connectivity index (χ2n) is 7.30. The van der Waals surface area contributed by atoms with Gasteiger partial charge in [0.2, 0.25) is 0 Å². The lowest BCUT2D eigenvalue weighted by molar-refractivity contribution is -0.175. The maximum atomic E-state index is 12.1. The van der Waals surface area contributed by atoms with Crippen LogP contribution in [0.1, 0.15) is 34.6 Å². The number of alkyl halides is 3. The van der Waals surface area contributed by atoms with Crippen molar-refractivity contribution in [3.8, 4) is 0 Å². The second kappa shape index (κ2) is 7.29. The minimum Gasteiger partial charge on any atom is -0.371 e. The van der Waals surface area contributed by atoms with Crippen molar-refractivity contribution in [2.24, 2.45) is 11.3 Å². The second-order valence-corrected chi connectivity index (χ2v) is 7.30. The van der Waals surface area contributed by atoms with Crippen LogP contribution in [0.3, 0.4) is 0 Å². The summed E-state index contributed by atoms with van der Waals surface area (Å²) in [5.41, 5.74) is 0.132. The zero-order valence-corrected chi connectivity index (χ0v) is 13.8. The van der Waals surface area contributed by atoms with Crippen LogP contribution in [0.5, 0.6) is 0 Å². The van der Waals surface area contributed by atoms with Gasteiger partial charge in [0.15, 0.2) is 0 Å². The first-order valence-corrected chi connectivity index (χ1v) is 7.62. The Morgan fingerprint density at radius 2 is 1.86 bits per heavy atom. The average molecular weight is 310 g/mol. The van der Waals surface area contributed by atoms with Crippen LogP contribution in [-0.4, -0.2) is 56.0 Å². The van der Waals surface area contributed by atoms with Crippen LogP contribution in [0.4, 0.5) is 13.2 Å². The van der Waals surface area contributed by atoms with Crippen molar-refractivity contribution in [2.45, 2.75) is 52.9 Å². The smallest absolute Gasteiger partial charge is 0.371 e. The molecule has 0 amide bonds. The van der Waals surface area contributed by atoms with Gasteiger partial charge in [0.25, 0.3) is 0 Å². The summed E-state index contributed by atoms with van der Waals surface area (Å²) >= 11 is 0. The number of nitrogens with zero attached hydrogens (tertiary/aromatic N) is 1. The fraction of sp³-hybridized carbons (Fsp3) is 1.00. The van der Waals surface area contributed by atoms with Gasteiger partial charge in [-0.1, -0.05) is 34.6 Å². The molecule has 1 rings (SSSR count). The first kappa shape index (κ1) is 18.7. The molecule has 3 nitrogen and oxygen atoms in total. The summed E-state index contributed by atoms with van der Waals surface area (Å²) < 4.78 is 41.1. The first-order valence-electron chi connectivity index (χ1n) is 7.62. The molecular weight excluding hydrogens is 281 g/mol. The van der Waals surface area contributed by atoms with E-state index in [1.54, 1.807) is 0 Å². The first-order chi connectivity index (χ1) is 9.50. The molecule has 21 heavy (non-hydrogen) atoms. The van der Waals surface area contributed by atoms with Crippen molar-refractivity contribution < 1.29 is 17.9 Å². The molecule has 0 aromatic heterocycles. The maximum absolute atomic E-state index is 12.1. The standard InChI is InChI=1S/C15H29F3N2O/c1-11(2)12-8-19-13(14(3,4)5)9-20(12)6-7-21-10-15(16,17)18/h11-13,19H,6-10H2,1-5H3. The molecule has 1 heterocycles. The molecule has 1 aliphatic rings. The highest BCUT2D eigenvalue weighted by Crippen LogP contribution is 2.25. The van der Waals surface area contributed by atoms with E-state index in [2.05, 4.69) is 44.8 Å². The molecule has 0 aromatic rings. The molecule has 1 fully saturated rings. The van der Waals surface area contributed by atoms with Crippen LogP contribution in [0.15, 0.2) is 0 Å². The van der Waals surface area contributed by atoms with Gasteiger partial charge in [-0.3, -0.25) is 4.90 Å². The van der Waals surface area contributed by atoms with Gasteiger partial charge in [-0.25, -0.2) is 0 Å². The molecular formula is C15H29F3N2O. The summed E-state index contributed by atoms with van der Waals surface area (Å²) in [6.07, 6.45) is -4.24. The van der Waals surface area contributed by atoms with E-state index in [1.165, 1.54) is 0 Å². The Morgan fingerprint density at radius 1 is 1.24 bits per heavy atom. The van der Waals surface area contributed by atoms with E-state index in [-0.39, 0.29) is 12.0 Å². The Morgan fingerprint density at radius 3 is 2.33 bits per heavy atom. The third-order valence-electron chi connectivity index (χ3n) is 4.06. The number of hydrogen-bond donors (Lipinski definition) is 1. The van der Waals surface area contributed by atoms with Crippen LogP contribution < -0.4 is 5.32 Å². The largest absolute Gasteiger partial charge is 0.411 e. The van der Waals surface area contributed by atoms with Crippen LogP contribution in [0, 0.1) is 11.3 Å². The third kappa shape index (κ3) is 6.53. The Hall–Kier alpha value is -0.330. The van der Waals surface area contributed by atoms with Gasteiger partial charge >= 0.3 is 6.18 Å². The highest BCUT2D eigenvalue weighted by molar-refractivity contribution is 4.92. The zero-order chi connectivity index (χ0) is 16.3. The molecule has 2 unspecified atom stereocenters. The average Bonchev–Trinajstić information content (AvgIpc) is 2.32. The molecule has 0 aromatic carbocycles. The Kier molecular flexibility index (Phi) is 6.50. The molecule has 0 bridgehead atoms. The van der Waals surface area contributed by atoms with Crippen LogP contribution in [0.2, 0.25) is 0 Å². The van der Waals surface area contributed by atoms with Crippen molar-refractivity contribution in [1.29, 1.82) is 0 Å². The van der Waals surface area contributed by atoms with E-state index in [0.29, 0.717) is 24.5 Å². The predicted octanol–water partition coefficient (Wildman–Crippen LogP) is 2.91. The molecule has 1 N–H and O–H groups in total. The number of hydrogen-bond acceptors (Lipinski definition) is 3. The number of ether oxygens (including phenoxy) is 1. The van der Waals surface area contributed by atoms with Crippen molar-refractivity contribution in [2.75, 3.05) is 32.8 Å². The lowest BCUT2D eigenvalue weighted by atomic mass is 9.83. The molecule has 1 aliphatic heterocycles. The van der Waals surface area contributed by atoms with Crippen molar-refractivity contribution in [3.63, 3.8) is 0 Å². The van der Waals surface area contributed by atoms with E-state index in [4.69, 9.17) is 4.74 Å². The van der Waals surface area contributed by atoms with Gasteiger partial charge in [-0.2, -0.15) is 13.2 Å². The van der Waals surface area contributed by atoms with E-state index in [9.17, 15) is 13.2 Å². The van der Waals surface area contributed by atoms with Crippen LogP contribution in [-0.2, 0) is 4.74 Å². The van der Waals surface area contributed by atoms with E-state index < -0.39 is 12.8 Å². The van der Waals surface area contributed by atoms with Crippen molar-refractivity contribution in [1.82, 2.24) is 10.2 Å². The van der Waals surface area contributed by atoms with E-state index in [0.717, 1.165) is 13.1 Å². The normalized spacial score (nSPS) is 25.6. The molecule has 1 saturated heterocycles. The van der Waals surface area contributed by atoms with Crippen molar-refractivity contribution in [3.05, 3.63) is 0 Å². The lowest BCUT2D eigenvalue weighted by Crippen LogP contribution is -2.62. The minimum atomic E-state index is -4.24. The fourth-order valence-electron chi connectivity index (χ4n) is 2.69. The van der Waals surface area contributed by atoms with Gasteiger partial charge in [0, 0.05) is 31.7 Å². The Bertz CT molecular complexity index is 313. The number of nitrogens with one attached hydrogen (secondary N) is 1. The topological polar surface area (TPSA) is 24.5 Å². The molecule has 0 aliphatic carbocycles. The summed E-state index contributed by atoms with van der Waals surface area (Å²) in [4.78, 5) is 2.27. The van der Waals surface area contributed by atoms with Gasteiger partial charge in [0.1, 0.15) is 6.61 Å². The maximum Gasteiger partial charge on any atom is 0.411 e. The number of halogens is 3. The molecule has 2 atom stereocenters. The van der Waals surface area contributed by atoms with E-state index in [1.807, 2.05) is 0 Å². The summed E-state index contributed by atoms with van der Waals surface area (Å²) in [7, 11) is 0. The van der Waals surface area contributed by atoms with Crippen molar-refractivity contribution >= 4 is 0 Å². The fourth-order valence-corrected chi connectivity index (χ4v) is 2.69. The molecule has 0 spiro atoms. The Labute approximate surface area is 126 Å². The number of rotatable bonds is 5. The summed E-state index contributed by atoms with van der Waals surface area (Å²) in [5, 5.41) is 3.57. The number of piperazine rings is 1. The molecule has 6 heteroatoms. The van der Waals surface area contributed by atoms with Gasteiger partial charge < -0.3 is 10.1 Å². The third-order valence-corrected chi connectivity index (χ3v) is 4.06. The van der Waals surface area contributed by atoms with Crippen LogP contribution in [0.25, 0.3) is 0 Å². The SMILES string of the molecule is CC(C)C1CNC(C(C)(C)C)CN1CCOCC(F)(F)F. The van der Waals surface area contributed by atoms with Gasteiger partial charge in [-0.15, -0.1) is 0 Å². The molecule has 0 saturated carbocycles. The predicted molar refractivity (Wildman–Crippen MR) is 78.3 cm³/mol.